The molecule has 7 heteroatoms. The standard InChI is InChI=1S/C21H16N2O5/c24-19-17-13-5-6-14(9-13)18(17)20(25)23(19)22-10-15-7-8-16(28-15)11-1-3-12(4-2-11)21(26)27/h1-8,10,13-14,17-18H,9H2,(H,26,27)/b22-10-/t13-,14-,17+,18+/m0/s1. The lowest BCUT2D eigenvalue weighted by Gasteiger charge is -2.13. The van der Waals surface area contributed by atoms with Gasteiger partial charge in [0.1, 0.15) is 11.5 Å². The maximum Gasteiger partial charge on any atom is 0.335 e. The minimum Gasteiger partial charge on any atom is -0.478 e. The van der Waals surface area contributed by atoms with Crippen LogP contribution in [0.1, 0.15) is 22.5 Å². The highest BCUT2D eigenvalue weighted by Gasteiger charge is 2.59. The third kappa shape index (κ3) is 2.43. The van der Waals surface area contributed by atoms with Crippen molar-refractivity contribution >= 4 is 24.0 Å². The number of allylic oxidation sites excluding steroid dienone is 2. The molecule has 0 radical (unpaired) electrons. The molecular weight excluding hydrogens is 360 g/mol. The van der Waals surface area contributed by atoms with Crippen LogP contribution in [0.2, 0.25) is 0 Å². The van der Waals surface area contributed by atoms with E-state index >= 15 is 0 Å². The molecule has 0 spiro atoms. The van der Waals surface area contributed by atoms with Crippen molar-refractivity contribution in [2.45, 2.75) is 6.42 Å². The number of fused-ring (bicyclic) bond motifs is 5. The van der Waals surface area contributed by atoms with Gasteiger partial charge in [-0.05, 0) is 42.5 Å². The number of rotatable bonds is 4. The lowest BCUT2D eigenvalue weighted by atomic mass is 9.85. The van der Waals surface area contributed by atoms with Gasteiger partial charge in [-0.1, -0.05) is 24.3 Å². The number of aromatic carboxylic acids is 1. The number of carboxylic acids is 1. The van der Waals surface area contributed by atoms with E-state index in [0.717, 1.165) is 17.0 Å². The molecule has 2 fully saturated rings. The molecule has 2 aliphatic carbocycles. The lowest BCUT2D eigenvalue weighted by molar-refractivity contribution is -0.140. The summed E-state index contributed by atoms with van der Waals surface area (Å²) in [6.07, 6.45) is 6.32. The molecule has 1 saturated carbocycles. The van der Waals surface area contributed by atoms with Gasteiger partial charge < -0.3 is 9.52 Å². The smallest absolute Gasteiger partial charge is 0.335 e. The summed E-state index contributed by atoms with van der Waals surface area (Å²) in [5.74, 6) is -0.788. The van der Waals surface area contributed by atoms with Crippen LogP contribution in [0.5, 0.6) is 0 Å². The van der Waals surface area contributed by atoms with E-state index in [9.17, 15) is 14.4 Å². The molecule has 2 aromatic rings. The van der Waals surface area contributed by atoms with Crippen LogP contribution in [-0.4, -0.2) is 34.1 Å². The number of amides is 2. The van der Waals surface area contributed by atoms with E-state index < -0.39 is 5.97 Å². The Hall–Kier alpha value is -3.48. The fourth-order valence-electron chi connectivity index (χ4n) is 4.47. The summed E-state index contributed by atoms with van der Waals surface area (Å²) < 4.78 is 5.69. The molecule has 2 bridgehead atoms. The first-order valence-electron chi connectivity index (χ1n) is 9.06. The van der Waals surface area contributed by atoms with Gasteiger partial charge in [-0.15, -0.1) is 0 Å². The summed E-state index contributed by atoms with van der Waals surface area (Å²) in [6.45, 7) is 0. The molecule has 1 aliphatic heterocycles. The first-order valence-corrected chi connectivity index (χ1v) is 9.06. The summed E-state index contributed by atoms with van der Waals surface area (Å²) in [7, 11) is 0. The van der Waals surface area contributed by atoms with Crippen molar-refractivity contribution in [1.82, 2.24) is 5.01 Å². The third-order valence-electron chi connectivity index (χ3n) is 5.79. The average Bonchev–Trinajstić information content (AvgIpc) is 3.46. The van der Waals surface area contributed by atoms with E-state index in [1.54, 1.807) is 24.3 Å². The van der Waals surface area contributed by atoms with Gasteiger partial charge in [-0.25, -0.2) is 4.79 Å². The van der Waals surface area contributed by atoms with Crippen LogP contribution in [0.15, 0.2) is 58.1 Å². The monoisotopic (exact) mass is 376 g/mol. The van der Waals surface area contributed by atoms with Gasteiger partial charge in [0.2, 0.25) is 0 Å². The molecule has 5 rings (SSSR count). The Labute approximate surface area is 159 Å². The molecule has 28 heavy (non-hydrogen) atoms. The van der Waals surface area contributed by atoms with Crippen LogP contribution >= 0.6 is 0 Å². The summed E-state index contributed by atoms with van der Waals surface area (Å²) in [4.78, 5) is 36.1. The second-order valence-electron chi connectivity index (χ2n) is 7.32. The van der Waals surface area contributed by atoms with Crippen LogP contribution in [0, 0.1) is 23.7 Å². The fraction of sp³-hybridized carbons (Fsp3) is 0.238. The van der Waals surface area contributed by atoms with Gasteiger partial charge in [0.05, 0.1) is 23.6 Å². The minimum atomic E-state index is -0.993. The molecule has 2 heterocycles. The van der Waals surface area contributed by atoms with Crippen LogP contribution in [0.3, 0.4) is 0 Å². The molecule has 2 amide bonds. The molecule has 1 N–H and O–H groups in total. The highest BCUT2D eigenvalue weighted by atomic mass is 16.4. The van der Waals surface area contributed by atoms with Crippen LogP contribution in [-0.2, 0) is 9.59 Å². The van der Waals surface area contributed by atoms with Crippen molar-refractivity contribution in [1.29, 1.82) is 0 Å². The van der Waals surface area contributed by atoms with E-state index in [4.69, 9.17) is 9.52 Å². The van der Waals surface area contributed by atoms with Crippen molar-refractivity contribution in [2.24, 2.45) is 28.8 Å². The molecular formula is C21H16N2O5. The summed E-state index contributed by atoms with van der Waals surface area (Å²) >= 11 is 0. The van der Waals surface area contributed by atoms with E-state index in [1.165, 1.54) is 18.3 Å². The SMILES string of the molecule is O=C(O)c1ccc(-c2ccc(/C=N\N3C(=O)[C@H]4[C@H](C3=O)[C@H]3C=C[C@H]4C3)o2)cc1. The number of hydrogen-bond acceptors (Lipinski definition) is 5. The number of furan rings is 1. The Morgan fingerprint density at radius 2 is 1.68 bits per heavy atom. The first kappa shape index (κ1) is 16.7. The largest absolute Gasteiger partial charge is 0.478 e. The predicted molar refractivity (Wildman–Crippen MR) is 98.3 cm³/mol. The van der Waals surface area contributed by atoms with Crippen molar-refractivity contribution in [2.75, 3.05) is 0 Å². The fourth-order valence-corrected chi connectivity index (χ4v) is 4.47. The zero-order valence-corrected chi connectivity index (χ0v) is 14.7. The first-order chi connectivity index (χ1) is 13.5. The lowest BCUT2D eigenvalue weighted by Crippen LogP contribution is -2.28. The Kier molecular flexibility index (Phi) is 3.58. The Morgan fingerprint density at radius 1 is 1.04 bits per heavy atom. The number of hydrazone groups is 1. The second kappa shape index (κ2) is 6.02. The summed E-state index contributed by atoms with van der Waals surface area (Å²) in [5.41, 5.74) is 0.910. The molecule has 7 nitrogen and oxygen atoms in total. The third-order valence-corrected chi connectivity index (χ3v) is 5.79. The molecule has 1 saturated heterocycles. The summed E-state index contributed by atoms with van der Waals surface area (Å²) in [6, 6.07) is 9.71. The number of hydrogen-bond donors (Lipinski definition) is 1. The van der Waals surface area contributed by atoms with E-state index in [1.807, 2.05) is 12.2 Å². The van der Waals surface area contributed by atoms with Crippen molar-refractivity contribution in [3.63, 3.8) is 0 Å². The highest BCUT2D eigenvalue weighted by molar-refractivity contribution is 6.06. The Morgan fingerprint density at radius 3 is 2.29 bits per heavy atom. The van der Waals surface area contributed by atoms with Crippen LogP contribution in [0.25, 0.3) is 11.3 Å². The summed E-state index contributed by atoms with van der Waals surface area (Å²) in [5, 5.41) is 14.0. The van der Waals surface area contributed by atoms with E-state index in [2.05, 4.69) is 5.10 Å². The van der Waals surface area contributed by atoms with Crippen molar-refractivity contribution < 1.29 is 23.9 Å². The maximum atomic E-state index is 12.6. The van der Waals surface area contributed by atoms with Gasteiger partial charge in [-0.2, -0.15) is 10.1 Å². The second-order valence-corrected chi connectivity index (χ2v) is 7.32. The van der Waals surface area contributed by atoms with Crippen molar-refractivity contribution in [3.05, 3.63) is 59.9 Å². The normalized spacial score (nSPS) is 27.9. The van der Waals surface area contributed by atoms with Gasteiger partial charge in [-0.3, -0.25) is 9.59 Å². The zero-order valence-electron chi connectivity index (χ0n) is 14.7. The molecule has 140 valence electrons. The van der Waals surface area contributed by atoms with Gasteiger partial charge in [0.15, 0.2) is 0 Å². The Bertz CT molecular complexity index is 1020. The number of carbonyl (C=O) groups is 3. The van der Waals surface area contributed by atoms with Crippen LogP contribution < -0.4 is 0 Å². The van der Waals surface area contributed by atoms with Crippen molar-refractivity contribution in [3.8, 4) is 11.3 Å². The zero-order chi connectivity index (χ0) is 19.4. The van der Waals surface area contributed by atoms with Gasteiger partial charge >= 0.3 is 5.97 Å². The maximum absolute atomic E-state index is 12.6. The Balaban J connectivity index is 1.33. The molecule has 0 unspecified atom stereocenters. The number of imide groups is 1. The van der Waals surface area contributed by atoms with Gasteiger partial charge in [0, 0.05) is 5.56 Å². The molecule has 3 aliphatic rings. The predicted octanol–water partition coefficient (Wildman–Crippen LogP) is 2.79. The number of nitrogens with zero attached hydrogens (tertiary/aromatic N) is 2. The van der Waals surface area contributed by atoms with Gasteiger partial charge in [0.25, 0.3) is 11.8 Å². The molecule has 1 aromatic heterocycles. The number of benzene rings is 1. The number of carbonyl (C=O) groups excluding carboxylic acids is 2. The van der Waals surface area contributed by atoms with E-state index in [0.29, 0.717) is 11.5 Å². The topological polar surface area (TPSA) is 100 Å². The minimum absolute atomic E-state index is 0.149. The van der Waals surface area contributed by atoms with E-state index in [-0.39, 0.29) is 41.0 Å². The molecule has 4 atom stereocenters. The van der Waals surface area contributed by atoms with Crippen LogP contribution in [0.4, 0.5) is 0 Å². The highest BCUT2D eigenvalue weighted by Crippen LogP contribution is 2.52. The average molecular weight is 376 g/mol. The number of carboxylic acid groups (broad SMARTS) is 1. The molecule has 1 aromatic carbocycles. The quantitative estimate of drug-likeness (QED) is 0.502.